The summed E-state index contributed by atoms with van der Waals surface area (Å²) in [5.41, 5.74) is 3.73. The lowest BCUT2D eigenvalue weighted by atomic mass is 10.1. The first-order valence-electron chi connectivity index (χ1n) is 11.1. The summed E-state index contributed by atoms with van der Waals surface area (Å²) in [5, 5.41) is 0. The number of aromatic nitrogens is 1. The molecule has 2 fully saturated rings. The van der Waals surface area contributed by atoms with Crippen LogP contribution in [0.5, 0.6) is 0 Å². The fourth-order valence-electron chi connectivity index (χ4n) is 4.74. The van der Waals surface area contributed by atoms with E-state index in [0.717, 1.165) is 12.2 Å². The third kappa shape index (κ3) is 4.16. The number of H-pyrrole nitrogens is 1. The van der Waals surface area contributed by atoms with Gasteiger partial charge < -0.3 is 19.5 Å². The van der Waals surface area contributed by atoms with Crippen LogP contribution in [-0.2, 0) is 14.8 Å². The van der Waals surface area contributed by atoms with Crippen molar-refractivity contribution in [2.45, 2.75) is 38.6 Å². The highest BCUT2D eigenvalue weighted by atomic mass is 32.2. The number of amides is 1. The van der Waals surface area contributed by atoms with Crippen molar-refractivity contribution in [2.75, 3.05) is 50.8 Å². The number of anilines is 1. The lowest BCUT2D eigenvalue weighted by Gasteiger charge is -2.41. The third-order valence-electron chi connectivity index (χ3n) is 6.40. The van der Waals surface area contributed by atoms with Crippen molar-refractivity contribution < 1.29 is 17.9 Å². The Labute approximate surface area is 190 Å². The Morgan fingerprint density at radius 1 is 1.09 bits per heavy atom. The molecule has 9 heteroatoms. The number of benzene rings is 1. The van der Waals surface area contributed by atoms with Crippen molar-refractivity contribution in [2.24, 2.45) is 0 Å². The smallest absolute Gasteiger partial charge is 0.270 e. The first-order valence-corrected chi connectivity index (χ1v) is 12.5. The van der Waals surface area contributed by atoms with Crippen molar-refractivity contribution in [1.29, 1.82) is 0 Å². The van der Waals surface area contributed by atoms with Crippen LogP contribution in [0, 0.1) is 20.8 Å². The minimum absolute atomic E-state index is 0.148. The maximum Gasteiger partial charge on any atom is 0.270 e. The average Bonchev–Trinajstić information content (AvgIpc) is 3.08. The third-order valence-corrected chi connectivity index (χ3v) is 8.57. The van der Waals surface area contributed by atoms with E-state index in [0.29, 0.717) is 56.3 Å². The molecule has 4 rings (SSSR count). The number of carbonyl (C=O) groups is 1. The van der Waals surface area contributed by atoms with E-state index in [1.165, 1.54) is 9.87 Å². The molecule has 0 aliphatic carbocycles. The van der Waals surface area contributed by atoms with Gasteiger partial charge in [-0.15, -0.1) is 0 Å². The van der Waals surface area contributed by atoms with Gasteiger partial charge in [0.05, 0.1) is 13.2 Å². The number of aromatic amines is 1. The van der Waals surface area contributed by atoms with E-state index in [2.05, 4.69) is 48.0 Å². The summed E-state index contributed by atoms with van der Waals surface area (Å²) in [7, 11) is -3.68. The molecule has 8 nitrogen and oxygen atoms in total. The number of sulfonamides is 1. The first-order chi connectivity index (χ1) is 15.2. The van der Waals surface area contributed by atoms with Gasteiger partial charge in [-0.25, -0.2) is 8.42 Å². The highest BCUT2D eigenvalue weighted by Gasteiger charge is 2.35. The highest BCUT2D eigenvalue weighted by molar-refractivity contribution is 7.89. The summed E-state index contributed by atoms with van der Waals surface area (Å²) in [6, 6.07) is 8.54. The zero-order valence-corrected chi connectivity index (χ0v) is 20.0. The molecule has 0 unspecified atom stereocenters. The first kappa shape index (κ1) is 22.8. The summed E-state index contributed by atoms with van der Waals surface area (Å²) in [6.07, 6.45) is 0. The van der Waals surface area contributed by atoms with Gasteiger partial charge >= 0.3 is 0 Å². The summed E-state index contributed by atoms with van der Waals surface area (Å²) in [5.74, 6) is -0.148. The number of ether oxygens (including phenoxy) is 1. The minimum Gasteiger partial charge on any atom is -0.379 e. The molecule has 2 saturated heterocycles. The second kappa shape index (κ2) is 8.88. The van der Waals surface area contributed by atoms with Gasteiger partial charge in [-0.2, -0.15) is 4.31 Å². The summed E-state index contributed by atoms with van der Waals surface area (Å²) in [4.78, 5) is 20.8. The number of aryl methyl sites for hydroxylation is 2. The molecular formula is C23H32N4O4S. The molecule has 32 heavy (non-hydrogen) atoms. The van der Waals surface area contributed by atoms with Crippen LogP contribution in [0.1, 0.15) is 34.2 Å². The maximum atomic E-state index is 13.4. The predicted octanol–water partition coefficient (Wildman–Crippen LogP) is 2.31. The Kier molecular flexibility index (Phi) is 6.33. The molecule has 2 aliphatic rings. The van der Waals surface area contributed by atoms with Gasteiger partial charge in [0.15, 0.2) is 0 Å². The molecule has 1 N–H and O–H groups in total. The molecular weight excluding hydrogens is 428 g/mol. The van der Waals surface area contributed by atoms with Crippen LogP contribution < -0.4 is 4.90 Å². The Balaban J connectivity index is 1.54. The molecule has 0 radical (unpaired) electrons. The Bertz CT molecular complexity index is 1110. The van der Waals surface area contributed by atoms with Crippen molar-refractivity contribution >= 4 is 21.6 Å². The molecule has 1 amide bonds. The van der Waals surface area contributed by atoms with Crippen LogP contribution in [0.3, 0.4) is 0 Å². The van der Waals surface area contributed by atoms with E-state index in [4.69, 9.17) is 4.74 Å². The van der Waals surface area contributed by atoms with Gasteiger partial charge in [0.1, 0.15) is 10.6 Å². The fraction of sp³-hybridized carbons (Fsp3) is 0.522. The molecule has 174 valence electrons. The molecule has 0 bridgehead atoms. The number of morpholine rings is 1. The number of rotatable bonds is 4. The molecule has 0 spiro atoms. The minimum atomic E-state index is -3.68. The zero-order chi connectivity index (χ0) is 23.0. The van der Waals surface area contributed by atoms with E-state index in [1.54, 1.807) is 13.8 Å². The van der Waals surface area contributed by atoms with Gasteiger partial charge in [0, 0.05) is 50.1 Å². The SMILES string of the molecule is Cc1cccc(N2CCN(C(=O)c3[nH]c(C)c(S(=O)(=O)N4CCOCC4)c3C)C[C@H]2C)c1. The standard InChI is InChI=1S/C23H32N4O4S/c1-16-6-5-7-20(14-16)27-9-8-25(15-17(27)2)23(28)21-18(3)22(19(4)24-21)32(29,30)26-10-12-31-13-11-26/h5-7,14,17,24H,8-13,15H2,1-4H3/t17-/m1/s1. The number of piperazine rings is 1. The van der Waals surface area contributed by atoms with Crippen LogP contribution in [0.4, 0.5) is 5.69 Å². The van der Waals surface area contributed by atoms with Crippen molar-refractivity contribution in [1.82, 2.24) is 14.2 Å². The van der Waals surface area contributed by atoms with Crippen LogP contribution in [-0.4, -0.2) is 80.5 Å². The van der Waals surface area contributed by atoms with Crippen LogP contribution in [0.25, 0.3) is 0 Å². The molecule has 3 heterocycles. The number of nitrogens with zero attached hydrogens (tertiary/aromatic N) is 3. The normalized spacial score (nSPS) is 20.6. The molecule has 0 saturated carbocycles. The van der Waals surface area contributed by atoms with Crippen LogP contribution in [0.15, 0.2) is 29.2 Å². The largest absolute Gasteiger partial charge is 0.379 e. The monoisotopic (exact) mass is 460 g/mol. The van der Waals surface area contributed by atoms with Crippen LogP contribution >= 0.6 is 0 Å². The van der Waals surface area contributed by atoms with Crippen molar-refractivity contribution in [3.63, 3.8) is 0 Å². The Morgan fingerprint density at radius 2 is 1.81 bits per heavy atom. The number of carbonyl (C=O) groups excluding carboxylic acids is 1. The van der Waals surface area contributed by atoms with Crippen molar-refractivity contribution in [3.05, 3.63) is 46.8 Å². The zero-order valence-electron chi connectivity index (χ0n) is 19.2. The summed E-state index contributed by atoms with van der Waals surface area (Å²) >= 11 is 0. The average molecular weight is 461 g/mol. The number of hydrogen-bond acceptors (Lipinski definition) is 5. The number of hydrogen-bond donors (Lipinski definition) is 1. The van der Waals surface area contributed by atoms with E-state index in [1.807, 2.05) is 4.90 Å². The second-order valence-electron chi connectivity index (χ2n) is 8.73. The van der Waals surface area contributed by atoms with E-state index < -0.39 is 10.0 Å². The molecule has 1 aromatic carbocycles. The van der Waals surface area contributed by atoms with Crippen molar-refractivity contribution in [3.8, 4) is 0 Å². The van der Waals surface area contributed by atoms with Gasteiger partial charge in [-0.3, -0.25) is 4.79 Å². The van der Waals surface area contributed by atoms with E-state index >= 15 is 0 Å². The predicted molar refractivity (Wildman–Crippen MR) is 124 cm³/mol. The summed E-state index contributed by atoms with van der Waals surface area (Å²) in [6.45, 7) is 10.9. The second-order valence-corrected chi connectivity index (χ2v) is 10.6. The Morgan fingerprint density at radius 3 is 2.47 bits per heavy atom. The van der Waals surface area contributed by atoms with Crippen LogP contribution in [0.2, 0.25) is 0 Å². The Hall–Kier alpha value is -2.36. The lowest BCUT2D eigenvalue weighted by molar-refractivity contribution is 0.0719. The summed E-state index contributed by atoms with van der Waals surface area (Å²) < 4.78 is 33.2. The van der Waals surface area contributed by atoms with Gasteiger partial charge in [-0.1, -0.05) is 12.1 Å². The van der Waals surface area contributed by atoms with E-state index in [9.17, 15) is 13.2 Å². The number of nitrogens with one attached hydrogen (secondary N) is 1. The molecule has 2 aromatic rings. The molecule has 1 aromatic heterocycles. The highest BCUT2D eigenvalue weighted by Crippen LogP contribution is 2.29. The maximum absolute atomic E-state index is 13.4. The van der Waals surface area contributed by atoms with Gasteiger partial charge in [0.2, 0.25) is 10.0 Å². The van der Waals surface area contributed by atoms with E-state index in [-0.39, 0.29) is 16.8 Å². The topological polar surface area (TPSA) is 86.0 Å². The van der Waals surface area contributed by atoms with Gasteiger partial charge in [-0.05, 0) is 51.0 Å². The molecule has 2 aliphatic heterocycles. The molecule has 1 atom stereocenters. The lowest BCUT2D eigenvalue weighted by Crippen LogP contribution is -2.54. The van der Waals surface area contributed by atoms with Gasteiger partial charge in [0.25, 0.3) is 5.91 Å². The quantitative estimate of drug-likeness (QED) is 0.757. The fourth-order valence-corrected chi connectivity index (χ4v) is 6.55.